The van der Waals surface area contributed by atoms with Crippen LogP contribution in [0.2, 0.25) is 0 Å². The van der Waals surface area contributed by atoms with Gasteiger partial charge in [-0.15, -0.1) is 0 Å². The van der Waals surface area contributed by atoms with Gasteiger partial charge in [-0.25, -0.2) is 0 Å². The highest BCUT2D eigenvalue weighted by molar-refractivity contribution is 5.78. The van der Waals surface area contributed by atoms with Crippen molar-refractivity contribution < 1.29 is 4.79 Å². The summed E-state index contributed by atoms with van der Waals surface area (Å²) in [5.74, 6) is 0.425. The molecule has 1 aliphatic heterocycles. The van der Waals surface area contributed by atoms with Crippen molar-refractivity contribution in [1.29, 1.82) is 0 Å². The van der Waals surface area contributed by atoms with Crippen molar-refractivity contribution >= 4 is 5.91 Å². The van der Waals surface area contributed by atoms with E-state index in [4.69, 9.17) is 0 Å². The fraction of sp³-hybridized carbons (Fsp3) is 0.588. The van der Waals surface area contributed by atoms with E-state index in [0.717, 1.165) is 45.3 Å². The van der Waals surface area contributed by atoms with Crippen molar-refractivity contribution in [3.8, 4) is 0 Å². The van der Waals surface area contributed by atoms with Crippen LogP contribution < -0.4 is 5.32 Å². The topological polar surface area (TPSA) is 32.3 Å². The van der Waals surface area contributed by atoms with Crippen molar-refractivity contribution in [2.75, 3.05) is 26.7 Å². The summed E-state index contributed by atoms with van der Waals surface area (Å²) >= 11 is 0. The van der Waals surface area contributed by atoms with Crippen LogP contribution in [0.15, 0.2) is 24.3 Å². The first-order valence-corrected chi connectivity index (χ1v) is 7.67. The zero-order valence-corrected chi connectivity index (χ0v) is 12.7. The van der Waals surface area contributed by atoms with Crippen molar-refractivity contribution in [1.82, 2.24) is 10.2 Å². The number of hydrogen-bond acceptors (Lipinski definition) is 2. The molecule has 0 bridgehead atoms. The first kappa shape index (κ1) is 15.0. The largest absolute Gasteiger partial charge is 0.356 e. The van der Waals surface area contributed by atoms with E-state index in [0.29, 0.717) is 0 Å². The molecule has 3 heteroatoms. The molecule has 1 unspecified atom stereocenters. The molecule has 1 aromatic carbocycles. The number of rotatable bonds is 5. The Morgan fingerprint density at radius 2 is 2.30 bits per heavy atom. The number of likely N-dealkylation sites (tertiary alicyclic amines) is 1. The van der Waals surface area contributed by atoms with Crippen molar-refractivity contribution in [3.63, 3.8) is 0 Å². The van der Waals surface area contributed by atoms with Crippen LogP contribution in [-0.4, -0.2) is 37.5 Å². The van der Waals surface area contributed by atoms with Crippen LogP contribution in [0, 0.1) is 12.8 Å². The summed E-state index contributed by atoms with van der Waals surface area (Å²) in [5.41, 5.74) is 2.66. The summed E-state index contributed by atoms with van der Waals surface area (Å²) in [7, 11) is 2.09. The molecule has 2 rings (SSSR count). The van der Waals surface area contributed by atoms with Crippen LogP contribution in [0.4, 0.5) is 0 Å². The predicted molar refractivity (Wildman–Crippen MR) is 82.7 cm³/mol. The van der Waals surface area contributed by atoms with Crippen LogP contribution in [0.3, 0.4) is 0 Å². The highest BCUT2D eigenvalue weighted by Crippen LogP contribution is 2.15. The van der Waals surface area contributed by atoms with E-state index in [1.54, 1.807) is 0 Å². The molecule has 1 N–H and O–H groups in total. The minimum absolute atomic E-state index is 0.188. The molecule has 1 aromatic rings. The summed E-state index contributed by atoms with van der Waals surface area (Å²) in [6.07, 6.45) is 4.22. The fourth-order valence-electron chi connectivity index (χ4n) is 2.90. The highest BCUT2D eigenvalue weighted by atomic mass is 16.1. The van der Waals surface area contributed by atoms with Crippen LogP contribution in [0.25, 0.3) is 0 Å². The first-order valence-electron chi connectivity index (χ1n) is 7.67. The summed E-state index contributed by atoms with van der Waals surface area (Å²) in [4.78, 5) is 14.3. The fourth-order valence-corrected chi connectivity index (χ4v) is 2.90. The summed E-state index contributed by atoms with van der Waals surface area (Å²) < 4.78 is 0. The molecule has 1 heterocycles. The number of aryl methyl sites for hydroxylation is 2. The Hall–Kier alpha value is -1.35. The number of carbonyl (C=O) groups is 1. The Balaban J connectivity index is 1.66. The van der Waals surface area contributed by atoms with Crippen molar-refractivity contribution in [3.05, 3.63) is 35.4 Å². The molecular weight excluding hydrogens is 248 g/mol. The molecule has 1 atom stereocenters. The van der Waals surface area contributed by atoms with Crippen molar-refractivity contribution in [2.45, 2.75) is 32.6 Å². The number of hydrogen-bond donors (Lipinski definition) is 1. The molecule has 110 valence electrons. The predicted octanol–water partition coefficient (Wildman–Crippen LogP) is 2.39. The lowest BCUT2D eigenvalue weighted by molar-refractivity contribution is -0.126. The normalized spacial score (nSPS) is 19.8. The molecule has 0 aliphatic carbocycles. The Kier molecular flexibility index (Phi) is 5.60. The molecule has 20 heavy (non-hydrogen) atoms. The average molecular weight is 274 g/mol. The van der Waals surface area contributed by atoms with E-state index in [2.05, 4.69) is 48.5 Å². The Morgan fingerprint density at radius 1 is 1.45 bits per heavy atom. The van der Waals surface area contributed by atoms with Gasteiger partial charge >= 0.3 is 0 Å². The van der Waals surface area contributed by atoms with Gasteiger partial charge in [-0.2, -0.15) is 0 Å². The molecule has 1 fully saturated rings. The summed E-state index contributed by atoms with van der Waals surface area (Å²) in [5, 5.41) is 3.09. The molecule has 0 radical (unpaired) electrons. The van der Waals surface area contributed by atoms with E-state index in [9.17, 15) is 4.79 Å². The second-order valence-electron chi connectivity index (χ2n) is 5.99. The number of nitrogens with zero attached hydrogens (tertiary/aromatic N) is 1. The van der Waals surface area contributed by atoms with Crippen LogP contribution in [-0.2, 0) is 11.2 Å². The van der Waals surface area contributed by atoms with Crippen molar-refractivity contribution in [2.24, 2.45) is 5.92 Å². The smallest absolute Gasteiger partial charge is 0.224 e. The lowest BCUT2D eigenvalue weighted by Gasteiger charge is -2.28. The van der Waals surface area contributed by atoms with Gasteiger partial charge in [0.1, 0.15) is 0 Å². The van der Waals surface area contributed by atoms with Gasteiger partial charge in [-0.1, -0.05) is 29.8 Å². The third-order valence-electron chi connectivity index (χ3n) is 4.02. The zero-order chi connectivity index (χ0) is 14.4. The summed E-state index contributed by atoms with van der Waals surface area (Å²) in [6, 6.07) is 8.59. The molecule has 0 spiro atoms. The number of piperidine rings is 1. The monoisotopic (exact) mass is 274 g/mol. The van der Waals surface area contributed by atoms with E-state index in [-0.39, 0.29) is 11.8 Å². The van der Waals surface area contributed by atoms with E-state index in [1.807, 2.05) is 0 Å². The average Bonchev–Trinajstić information content (AvgIpc) is 2.43. The van der Waals surface area contributed by atoms with Gasteiger partial charge in [-0.05, 0) is 51.8 Å². The number of amides is 1. The number of benzene rings is 1. The van der Waals surface area contributed by atoms with Crippen LogP contribution >= 0.6 is 0 Å². The van der Waals surface area contributed by atoms with Gasteiger partial charge in [-0.3, -0.25) is 4.79 Å². The summed E-state index contributed by atoms with van der Waals surface area (Å²) in [6.45, 7) is 4.93. The molecule has 1 saturated heterocycles. The van der Waals surface area contributed by atoms with Gasteiger partial charge < -0.3 is 10.2 Å². The molecule has 0 aromatic heterocycles. The minimum Gasteiger partial charge on any atom is -0.356 e. The lowest BCUT2D eigenvalue weighted by Crippen LogP contribution is -2.41. The molecular formula is C17H26N2O. The molecule has 0 saturated carbocycles. The Morgan fingerprint density at radius 3 is 3.05 bits per heavy atom. The third kappa shape index (κ3) is 4.64. The minimum atomic E-state index is 0.188. The molecule has 3 nitrogen and oxygen atoms in total. The van der Waals surface area contributed by atoms with Gasteiger partial charge in [0.05, 0.1) is 5.92 Å². The van der Waals surface area contributed by atoms with E-state index >= 15 is 0 Å². The zero-order valence-electron chi connectivity index (χ0n) is 12.7. The highest BCUT2D eigenvalue weighted by Gasteiger charge is 2.23. The van der Waals surface area contributed by atoms with Gasteiger partial charge in [0.25, 0.3) is 0 Å². The maximum atomic E-state index is 12.1. The van der Waals surface area contributed by atoms with E-state index < -0.39 is 0 Å². The van der Waals surface area contributed by atoms with Gasteiger partial charge in [0.15, 0.2) is 0 Å². The third-order valence-corrected chi connectivity index (χ3v) is 4.02. The van der Waals surface area contributed by atoms with Gasteiger partial charge in [0, 0.05) is 13.1 Å². The Bertz CT molecular complexity index is 444. The van der Waals surface area contributed by atoms with Crippen LogP contribution in [0.5, 0.6) is 0 Å². The second kappa shape index (κ2) is 7.44. The number of carbonyl (C=O) groups excluding carboxylic acids is 1. The lowest BCUT2D eigenvalue weighted by atomic mass is 9.97. The maximum absolute atomic E-state index is 12.1. The van der Waals surface area contributed by atoms with E-state index in [1.165, 1.54) is 11.1 Å². The van der Waals surface area contributed by atoms with Gasteiger partial charge in [0.2, 0.25) is 5.91 Å². The molecule has 1 amide bonds. The standard InChI is InChI=1S/C17H26N2O/c1-14-6-3-7-15(12-14)8-4-10-18-17(20)16-9-5-11-19(2)13-16/h3,6-7,12,16H,4-5,8-11,13H2,1-2H3,(H,18,20). The first-order chi connectivity index (χ1) is 9.65. The quantitative estimate of drug-likeness (QED) is 0.836. The Labute approximate surface area is 122 Å². The SMILES string of the molecule is Cc1cccc(CCCNC(=O)C2CCCN(C)C2)c1. The maximum Gasteiger partial charge on any atom is 0.224 e. The molecule has 1 aliphatic rings. The van der Waals surface area contributed by atoms with Crippen LogP contribution in [0.1, 0.15) is 30.4 Å². The number of nitrogens with one attached hydrogen (secondary N) is 1. The second-order valence-corrected chi connectivity index (χ2v) is 5.99.